The number of ether oxygens (including phenoxy) is 3. The van der Waals surface area contributed by atoms with Gasteiger partial charge in [-0.1, -0.05) is 12.5 Å². The molecule has 1 aliphatic rings. The Balaban J connectivity index is 1.53. The molecule has 0 radical (unpaired) electrons. The Morgan fingerprint density at radius 3 is 2.71 bits per heavy atom. The van der Waals surface area contributed by atoms with Crippen LogP contribution in [0.1, 0.15) is 32.6 Å². The van der Waals surface area contributed by atoms with Crippen molar-refractivity contribution in [2.24, 2.45) is 0 Å². The first-order valence-corrected chi connectivity index (χ1v) is 8.05. The van der Waals surface area contributed by atoms with Crippen molar-refractivity contribution in [2.45, 2.75) is 38.6 Å². The van der Waals surface area contributed by atoms with Crippen LogP contribution in [-0.2, 0) is 4.74 Å². The molecule has 1 unspecified atom stereocenters. The average Bonchev–Trinajstić information content (AvgIpc) is 2.52. The minimum absolute atomic E-state index is 0.577. The summed E-state index contributed by atoms with van der Waals surface area (Å²) in [5.41, 5.74) is 0. The molecule has 1 aliphatic heterocycles. The van der Waals surface area contributed by atoms with Gasteiger partial charge in [-0.2, -0.15) is 0 Å². The lowest BCUT2D eigenvalue weighted by Gasteiger charge is -2.23. The van der Waals surface area contributed by atoms with Gasteiger partial charge in [-0.05, 0) is 44.9 Å². The molecule has 1 N–H and O–H groups in total. The first-order chi connectivity index (χ1) is 10.4. The van der Waals surface area contributed by atoms with E-state index in [2.05, 4.69) is 5.32 Å². The van der Waals surface area contributed by atoms with Crippen LogP contribution in [0.25, 0.3) is 0 Å². The third-order valence-corrected chi connectivity index (χ3v) is 3.64. The second-order valence-corrected chi connectivity index (χ2v) is 5.30. The molecule has 4 heteroatoms. The van der Waals surface area contributed by atoms with Gasteiger partial charge in [-0.25, -0.2) is 0 Å². The lowest BCUT2D eigenvalue weighted by Crippen LogP contribution is -2.34. The minimum Gasteiger partial charge on any atom is -0.494 e. The van der Waals surface area contributed by atoms with E-state index in [0.717, 1.165) is 31.1 Å². The molecule has 1 atom stereocenters. The summed E-state index contributed by atoms with van der Waals surface area (Å²) in [6.45, 7) is 5.81. The summed E-state index contributed by atoms with van der Waals surface area (Å²) in [6, 6.07) is 8.37. The maximum absolute atomic E-state index is 5.66. The standard InChI is InChI=1S/C17H27NO3/c1-2-20-16-7-5-8-17(14-16)21-13-12-19-11-9-15-6-3-4-10-18-15/h5,7-8,14-15,18H,2-4,6,9-13H2,1H3. The molecule has 4 nitrogen and oxygen atoms in total. The molecule has 0 aliphatic carbocycles. The van der Waals surface area contributed by atoms with E-state index >= 15 is 0 Å². The van der Waals surface area contributed by atoms with Crippen LogP contribution in [0.5, 0.6) is 11.5 Å². The van der Waals surface area contributed by atoms with Crippen LogP contribution < -0.4 is 14.8 Å². The first kappa shape index (κ1) is 16.1. The predicted octanol–water partition coefficient (Wildman–Crippen LogP) is 3.01. The zero-order valence-corrected chi connectivity index (χ0v) is 13.0. The highest BCUT2D eigenvalue weighted by Crippen LogP contribution is 2.19. The van der Waals surface area contributed by atoms with Gasteiger partial charge in [-0.3, -0.25) is 0 Å². The van der Waals surface area contributed by atoms with E-state index in [1.807, 2.05) is 31.2 Å². The summed E-state index contributed by atoms with van der Waals surface area (Å²) in [4.78, 5) is 0. The van der Waals surface area contributed by atoms with Gasteiger partial charge in [0.2, 0.25) is 0 Å². The van der Waals surface area contributed by atoms with Crippen LogP contribution in [0.4, 0.5) is 0 Å². The van der Waals surface area contributed by atoms with Gasteiger partial charge < -0.3 is 19.5 Å². The Kier molecular flexibility index (Phi) is 7.39. The fraction of sp³-hybridized carbons (Fsp3) is 0.647. The zero-order valence-electron chi connectivity index (χ0n) is 13.0. The van der Waals surface area contributed by atoms with E-state index in [9.17, 15) is 0 Å². The predicted molar refractivity (Wildman–Crippen MR) is 84.2 cm³/mol. The number of nitrogens with one attached hydrogen (secondary N) is 1. The first-order valence-electron chi connectivity index (χ1n) is 8.05. The topological polar surface area (TPSA) is 39.7 Å². The number of piperidine rings is 1. The summed E-state index contributed by atoms with van der Waals surface area (Å²) >= 11 is 0. The van der Waals surface area contributed by atoms with Gasteiger partial charge in [0.25, 0.3) is 0 Å². The highest BCUT2D eigenvalue weighted by atomic mass is 16.5. The van der Waals surface area contributed by atoms with Crippen LogP contribution in [-0.4, -0.2) is 39.0 Å². The van der Waals surface area contributed by atoms with Crippen molar-refractivity contribution in [1.29, 1.82) is 0 Å². The Morgan fingerprint density at radius 1 is 1.10 bits per heavy atom. The quantitative estimate of drug-likeness (QED) is 0.711. The fourth-order valence-electron chi connectivity index (χ4n) is 2.54. The highest BCUT2D eigenvalue weighted by Gasteiger charge is 2.11. The largest absolute Gasteiger partial charge is 0.494 e. The van der Waals surface area contributed by atoms with Crippen molar-refractivity contribution >= 4 is 0 Å². The molecule has 1 saturated heterocycles. The van der Waals surface area contributed by atoms with Gasteiger partial charge in [-0.15, -0.1) is 0 Å². The van der Waals surface area contributed by atoms with Crippen molar-refractivity contribution in [3.05, 3.63) is 24.3 Å². The molecule has 118 valence electrons. The molecule has 21 heavy (non-hydrogen) atoms. The van der Waals surface area contributed by atoms with Crippen molar-refractivity contribution in [3.8, 4) is 11.5 Å². The minimum atomic E-state index is 0.577. The lowest BCUT2D eigenvalue weighted by molar-refractivity contribution is 0.0910. The number of rotatable bonds is 9. The van der Waals surface area contributed by atoms with E-state index in [-0.39, 0.29) is 0 Å². The SMILES string of the molecule is CCOc1cccc(OCCOCCC2CCCCN2)c1. The molecular weight excluding hydrogens is 266 g/mol. The Bertz CT molecular complexity index is 391. The molecule has 1 aromatic rings. The maximum atomic E-state index is 5.66. The van der Waals surface area contributed by atoms with E-state index < -0.39 is 0 Å². The summed E-state index contributed by atoms with van der Waals surface area (Å²) < 4.78 is 16.7. The summed E-state index contributed by atoms with van der Waals surface area (Å²) in [6.07, 6.45) is 5.03. The van der Waals surface area contributed by atoms with E-state index in [0.29, 0.717) is 25.9 Å². The van der Waals surface area contributed by atoms with Crippen LogP contribution in [0.2, 0.25) is 0 Å². The molecule has 1 aromatic carbocycles. The van der Waals surface area contributed by atoms with Crippen molar-refractivity contribution < 1.29 is 14.2 Å². The highest BCUT2D eigenvalue weighted by molar-refractivity contribution is 5.32. The average molecular weight is 293 g/mol. The molecule has 2 rings (SSSR count). The number of hydrogen-bond acceptors (Lipinski definition) is 4. The second kappa shape index (κ2) is 9.64. The third-order valence-electron chi connectivity index (χ3n) is 3.64. The fourth-order valence-corrected chi connectivity index (χ4v) is 2.54. The van der Waals surface area contributed by atoms with Gasteiger partial charge in [0, 0.05) is 18.7 Å². The van der Waals surface area contributed by atoms with Crippen LogP contribution in [0.3, 0.4) is 0 Å². The van der Waals surface area contributed by atoms with E-state index in [1.165, 1.54) is 19.3 Å². The normalized spacial score (nSPS) is 18.4. The molecule has 0 bridgehead atoms. The Morgan fingerprint density at radius 2 is 1.95 bits per heavy atom. The van der Waals surface area contributed by atoms with Gasteiger partial charge in [0.1, 0.15) is 18.1 Å². The van der Waals surface area contributed by atoms with Crippen molar-refractivity contribution in [1.82, 2.24) is 5.32 Å². The van der Waals surface area contributed by atoms with Crippen molar-refractivity contribution in [3.63, 3.8) is 0 Å². The van der Waals surface area contributed by atoms with E-state index in [4.69, 9.17) is 14.2 Å². The monoisotopic (exact) mass is 293 g/mol. The molecule has 0 spiro atoms. The maximum Gasteiger partial charge on any atom is 0.123 e. The molecule has 1 heterocycles. The summed E-state index contributed by atoms with van der Waals surface area (Å²) in [5, 5.41) is 3.53. The number of benzene rings is 1. The van der Waals surface area contributed by atoms with Crippen LogP contribution in [0.15, 0.2) is 24.3 Å². The Hall–Kier alpha value is -1.26. The van der Waals surface area contributed by atoms with Gasteiger partial charge >= 0.3 is 0 Å². The molecule has 0 saturated carbocycles. The molecule has 0 amide bonds. The van der Waals surface area contributed by atoms with E-state index in [1.54, 1.807) is 0 Å². The van der Waals surface area contributed by atoms with Gasteiger partial charge in [0.15, 0.2) is 0 Å². The Labute approximate surface area is 127 Å². The third kappa shape index (κ3) is 6.36. The molecule has 0 aromatic heterocycles. The second-order valence-electron chi connectivity index (χ2n) is 5.30. The molecule has 1 fully saturated rings. The van der Waals surface area contributed by atoms with Crippen molar-refractivity contribution in [2.75, 3.05) is 33.0 Å². The lowest BCUT2D eigenvalue weighted by atomic mass is 10.0. The molecular formula is C17H27NO3. The smallest absolute Gasteiger partial charge is 0.123 e. The summed E-state index contributed by atoms with van der Waals surface area (Å²) in [5.74, 6) is 1.68. The zero-order chi connectivity index (χ0) is 14.8. The number of hydrogen-bond donors (Lipinski definition) is 1. The van der Waals surface area contributed by atoms with Gasteiger partial charge in [0.05, 0.1) is 13.2 Å². The summed E-state index contributed by atoms with van der Waals surface area (Å²) in [7, 11) is 0. The van der Waals surface area contributed by atoms with Crippen LogP contribution >= 0.6 is 0 Å². The van der Waals surface area contributed by atoms with Crippen LogP contribution in [0, 0.1) is 0 Å².